The fraction of sp³-hybridized carbons (Fsp3) is 0.583. The van der Waals surface area contributed by atoms with E-state index in [1.54, 1.807) is 12.1 Å². The molecule has 2 aliphatic carbocycles. The molecule has 6 atom stereocenters. The third-order valence-electron chi connectivity index (χ3n) is 8.21. The summed E-state index contributed by atoms with van der Waals surface area (Å²) in [6.45, 7) is 8.95. The predicted octanol–water partition coefficient (Wildman–Crippen LogP) is 4.20. The van der Waals surface area contributed by atoms with Crippen molar-refractivity contribution in [2.45, 2.75) is 53.1 Å². The van der Waals surface area contributed by atoms with Crippen LogP contribution in [0.2, 0.25) is 0 Å². The van der Waals surface area contributed by atoms with Crippen LogP contribution >= 0.6 is 0 Å². The second kappa shape index (κ2) is 6.98. The summed E-state index contributed by atoms with van der Waals surface area (Å²) in [6.07, 6.45) is 1.53. The second-order valence-corrected chi connectivity index (χ2v) is 9.55. The number of aliphatic hydroxyl groups excluding tert-OH is 1. The molecule has 4 rings (SSSR count). The van der Waals surface area contributed by atoms with Crippen LogP contribution in [0.5, 0.6) is 5.75 Å². The summed E-state index contributed by atoms with van der Waals surface area (Å²) in [5.74, 6) is 1.21. The fourth-order valence-corrected chi connectivity index (χ4v) is 5.84. The van der Waals surface area contributed by atoms with E-state index in [1.165, 1.54) is 6.07 Å². The molecule has 5 heteroatoms. The molecule has 156 valence electrons. The molecule has 29 heavy (non-hydrogen) atoms. The van der Waals surface area contributed by atoms with Crippen molar-refractivity contribution in [3.63, 3.8) is 0 Å². The first-order chi connectivity index (χ1) is 13.7. The third kappa shape index (κ3) is 3.10. The molecule has 0 saturated heterocycles. The molecule has 1 aromatic carbocycles. The lowest BCUT2D eigenvalue weighted by Crippen LogP contribution is -2.62. The normalized spacial score (nSPS) is 37.3. The standard InChI is InChI=1S/C24H30O5/c1-14-11-21(26)24(4)15(2)18(25)8-9-20(24)23(14,3)13-28-17-7-5-16-6-10-22(27)29-19(16)12-17/h5-7,10,12,14-15,20-21,26H,8-9,11,13H2,1-4H3/t14-,15+,20+,21-,23-,24+/m1/s1. The Balaban J connectivity index is 1.63. The van der Waals surface area contributed by atoms with Crippen LogP contribution < -0.4 is 10.4 Å². The van der Waals surface area contributed by atoms with Crippen LogP contribution in [0.1, 0.15) is 47.0 Å². The van der Waals surface area contributed by atoms with Crippen molar-refractivity contribution in [3.05, 3.63) is 40.8 Å². The molecule has 2 fully saturated rings. The highest BCUT2D eigenvalue weighted by molar-refractivity contribution is 5.82. The Kier molecular flexibility index (Phi) is 4.85. The minimum atomic E-state index is -0.482. The molecular formula is C24H30O5. The second-order valence-electron chi connectivity index (χ2n) is 9.55. The lowest BCUT2D eigenvalue weighted by molar-refractivity contribution is -0.186. The van der Waals surface area contributed by atoms with Gasteiger partial charge in [-0.15, -0.1) is 0 Å². The number of ketones is 1. The summed E-state index contributed by atoms with van der Waals surface area (Å²) >= 11 is 0. The number of hydrogen-bond donors (Lipinski definition) is 1. The van der Waals surface area contributed by atoms with E-state index in [2.05, 4.69) is 20.8 Å². The number of carbonyl (C=O) groups excluding carboxylic acids is 1. The summed E-state index contributed by atoms with van der Waals surface area (Å²) < 4.78 is 11.5. The zero-order valence-corrected chi connectivity index (χ0v) is 17.6. The van der Waals surface area contributed by atoms with Crippen molar-refractivity contribution in [2.75, 3.05) is 6.61 Å². The number of fused-ring (bicyclic) bond motifs is 2. The van der Waals surface area contributed by atoms with Gasteiger partial charge in [0, 0.05) is 40.7 Å². The van der Waals surface area contributed by atoms with Crippen molar-refractivity contribution in [2.24, 2.45) is 28.6 Å². The lowest BCUT2D eigenvalue weighted by atomic mass is 9.44. The summed E-state index contributed by atoms with van der Waals surface area (Å²) in [6, 6.07) is 8.68. The monoisotopic (exact) mass is 398 g/mol. The highest BCUT2D eigenvalue weighted by Gasteiger charge is 2.61. The first kappa shape index (κ1) is 20.1. The molecule has 0 unspecified atom stereocenters. The van der Waals surface area contributed by atoms with Crippen molar-refractivity contribution < 1.29 is 19.1 Å². The minimum Gasteiger partial charge on any atom is -0.493 e. The minimum absolute atomic E-state index is 0.155. The SMILES string of the molecule is C[C@@H]1C[C@@H](O)[C@@]2(C)[C@@H](C)C(=O)CC[C@H]2[C@]1(C)COc1ccc2ccc(=O)oc2c1. The van der Waals surface area contributed by atoms with Gasteiger partial charge >= 0.3 is 5.63 Å². The quantitative estimate of drug-likeness (QED) is 0.784. The molecule has 5 nitrogen and oxygen atoms in total. The van der Waals surface area contributed by atoms with Gasteiger partial charge in [-0.25, -0.2) is 4.79 Å². The van der Waals surface area contributed by atoms with Crippen LogP contribution in [0, 0.1) is 28.6 Å². The highest BCUT2D eigenvalue weighted by Crippen LogP contribution is 2.61. The largest absolute Gasteiger partial charge is 0.493 e. The van der Waals surface area contributed by atoms with Gasteiger partial charge in [0.1, 0.15) is 17.1 Å². The number of ether oxygens (including phenoxy) is 1. The highest BCUT2D eigenvalue weighted by atomic mass is 16.5. The smallest absolute Gasteiger partial charge is 0.336 e. The Morgan fingerprint density at radius 2 is 1.90 bits per heavy atom. The first-order valence-electron chi connectivity index (χ1n) is 10.5. The van der Waals surface area contributed by atoms with Crippen LogP contribution in [-0.2, 0) is 4.79 Å². The molecular weight excluding hydrogens is 368 g/mol. The van der Waals surface area contributed by atoms with Gasteiger partial charge in [-0.2, -0.15) is 0 Å². The predicted molar refractivity (Wildman–Crippen MR) is 111 cm³/mol. The average Bonchev–Trinajstić information content (AvgIpc) is 2.69. The van der Waals surface area contributed by atoms with Gasteiger partial charge in [0.05, 0.1) is 12.7 Å². The number of rotatable bonds is 3. The van der Waals surface area contributed by atoms with E-state index in [0.717, 1.165) is 11.8 Å². The van der Waals surface area contributed by atoms with Gasteiger partial charge in [0.25, 0.3) is 0 Å². The summed E-state index contributed by atoms with van der Waals surface area (Å²) in [5, 5.41) is 11.8. The summed E-state index contributed by atoms with van der Waals surface area (Å²) in [4.78, 5) is 24.0. The average molecular weight is 398 g/mol. The Bertz CT molecular complexity index is 994. The molecule has 2 saturated carbocycles. The number of benzene rings is 1. The molecule has 0 amide bonds. The van der Waals surface area contributed by atoms with Crippen LogP contribution in [-0.4, -0.2) is 23.6 Å². The van der Waals surface area contributed by atoms with Gasteiger partial charge in [-0.05, 0) is 42.9 Å². The van der Waals surface area contributed by atoms with E-state index in [1.807, 2.05) is 19.1 Å². The van der Waals surface area contributed by atoms with E-state index in [0.29, 0.717) is 30.8 Å². The Labute approximate surface area is 171 Å². The maximum absolute atomic E-state index is 12.4. The van der Waals surface area contributed by atoms with Gasteiger partial charge < -0.3 is 14.3 Å². The topological polar surface area (TPSA) is 76.7 Å². The number of carbonyl (C=O) groups is 1. The number of aliphatic hydroxyl groups is 1. The van der Waals surface area contributed by atoms with Gasteiger partial charge in [0.2, 0.25) is 0 Å². The van der Waals surface area contributed by atoms with E-state index in [-0.39, 0.29) is 34.6 Å². The zero-order chi connectivity index (χ0) is 21.0. The molecule has 0 radical (unpaired) electrons. The van der Waals surface area contributed by atoms with E-state index >= 15 is 0 Å². The van der Waals surface area contributed by atoms with Crippen LogP contribution in [0.4, 0.5) is 0 Å². The van der Waals surface area contributed by atoms with Crippen LogP contribution in [0.15, 0.2) is 39.5 Å². The van der Waals surface area contributed by atoms with Gasteiger partial charge in [-0.3, -0.25) is 4.79 Å². The third-order valence-corrected chi connectivity index (χ3v) is 8.21. The number of hydrogen-bond acceptors (Lipinski definition) is 5. The molecule has 2 aromatic rings. The molecule has 2 aliphatic rings. The van der Waals surface area contributed by atoms with Crippen LogP contribution in [0.3, 0.4) is 0 Å². The van der Waals surface area contributed by atoms with Gasteiger partial charge in [0.15, 0.2) is 0 Å². The lowest BCUT2D eigenvalue weighted by Gasteiger charge is -2.61. The van der Waals surface area contributed by atoms with Crippen molar-refractivity contribution in [1.29, 1.82) is 0 Å². The summed E-state index contributed by atoms with van der Waals surface area (Å²) in [7, 11) is 0. The molecule has 0 bridgehead atoms. The molecule has 0 spiro atoms. The molecule has 1 heterocycles. The van der Waals surface area contributed by atoms with E-state index < -0.39 is 11.5 Å². The van der Waals surface area contributed by atoms with Crippen LogP contribution in [0.25, 0.3) is 11.0 Å². The molecule has 1 N–H and O–H groups in total. The first-order valence-corrected chi connectivity index (χ1v) is 10.5. The van der Waals surface area contributed by atoms with E-state index in [9.17, 15) is 14.7 Å². The Morgan fingerprint density at radius 1 is 1.17 bits per heavy atom. The fourth-order valence-electron chi connectivity index (χ4n) is 5.84. The van der Waals surface area contributed by atoms with Crippen molar-refractivity contribution >= 4 is 16.8 Å². The van der Waals surface area contributed by atoms with Crippen molar-refractivity contribution in [3.8, 4) is 5.75 Å². The van der Waals surface area contributed by atoms with Crippen molar-refractivity contribution in [1.82, 2.24) is 0 Å². The van der Waals surface area contributed by atoms with E-state index in [4.69, 9.17) is 9.15 Å². The zero-order valence-electron chi connectivity index (χ0n) is 17.6. The Hall–Kier alpha value is -2.14. The summed E-state index contributed by atoms with van der Waals surface area (Å²) in [5.41, 5.74) is -0.479. The number of Topliss-reactive ketones (excluding diaryl/α,β-unsaturated/α-hetero) is 1. The maximum atomic E-state index is 12.4. The maximum Gasteiger partial charge on any atom is 0.336 e. The molecule has 1 aromatic heterocycles. The van der Waals surface area contributed by atoms with Gasteiger partial charge in [-0.1, -0.05) is 27.7 Å². The molecule has 0 aliphatic heterocycles. The Morgan fingerprint density at radius 3 is 2.66 bits per heavy atom.